The van der Waals surface area contributed by atoms with Crippen LogP contribution in [0.4, 0.5) is 16.2 Å². The first-order valence-electron chi connectivity index (χ1n) is 9.63. The number of nitrogen functional groups attached to an aromatic ring is 1. The van der Waals surface area contributed by atoms with Gasteiger partial charge in [-0.3, -0.25) is 4.90 Å². The number of fused-ring (bicyclic) bond motifs is 1. The maximum absolute atomic E-state index is 13.4. The molecule has 6 nitrogen and oxygen atoms in total. The van der Waals surface area contributed by atoms with Crippen LogP contribution in [0.2, 0.25) is 0 Å². The van der Waals surface area contributed by atoms with Crippen molar-refractivity contribution in [3.63, 3.8) is 0 Å². The number of anilines is 2. The van der Waals surface area contributed by atoms with Gasteiger partial charge in [-0.15, -0.1) is 0 Å². The molecule has 28 heavy (non-hydrogen) atoms. The zero-order chi connectivity index (χ0) is 19.7. The van der Waals surface area contributed by atoms with Crippen molar-refractivity contribution in [2.75, 3.05) is 24.1 Å². The molecular weight excluding hydrogens is 355 g/mol. The first-order chi connectivity index (χ1) is 13.5. The second kappa shape index (κ2) is 7.67. The van der Waals surface area contributed by atoms with Crippen LogP contribution in [0.1, 0.15) is 29.7 Å². The molecule has 0 unspecified atom stereocenters. The Balaban J connectivity index is 1.41. The fourth-order valence-electron chi connectivity index (χ4n) is 3.89. The molecule has 2 aromatic heterocycles. The fourth-order valence-corrected chi connectivity index (χ4v) is 3.89. The summed E-state index contributed by atoms with van der Waals surface area (Å²) in [6, 6.07) is 9.09. The Hall–Kier alpha value is -2.80. The van der Waals surface area contributed by atoms with Gasteiger partial charge in [-0.1, -0.05) is 12.1 Å². The lowest BCUT2D eigenvalue weighted by Gasteiger charge is -2.32. The summed E-state index contributed by atoms with van der Waals surface area (Å²) < 4.78 is 13.4. The number of nitrogens with two attached hydrogens (primary N) is 1. The molecule has 1 saturated heterocycles. The number of hydrogen-bond donors (Lipinski definition) is 2. The molecule has 0 amide bonds. The van der Waals surface area contributed by atoms with Gasteiger partial charge in [-0.05, 0) is 56.0 Å². The highest BCUT2D eigenvalue weighted by molar-refractivity contribution is 5.89. The van der Waals surface area contributed by atoms with Crippen LogP contribution in [0, 0.1) is 19.7 Å². The third-order valence-electron chi connectivity index (χ3n) is 5.24. The maximum atomic E-state index is 13.4. The summed E-state index contributed by atoms with van der Waals surface area (Å²) in [6.07, 6.45) is 1.94. The minimum absolute atomic E-state index is 0.181. The lowest BCUT2D eigenvalue weighted by Crippen LogP contribution is -2.39. The van der Waals surface area contributed by atoms with E-state index >= 15 is 0 Å². The van der Waals surface area contributed by atoms with Crippen molar-refractivity contribution in [2.24, 2.45) is 0 Å². The lowest BCUT2D eigenvalue weighted by atomic mass is 10.0. The van der Waals surface area contributed by atoms with Crippen molar-refractivity contribution in [1.82, 2.24) is 19.9 Å². The Kier molecular flexibility index (Phi) is 5.09. The van der Waals surface area contributed by atoms with Gasteiger partial charge in [0.15, 0.2) is 5.65 Å². The Bertz CT molecular complexity index is 998. The maximum Gasteiger partial charge on any atom is 0.226 e. The molecule has 1 aromatic carbocycles. The van der Waals surface area contributed by atoms with Crippen LogP contribution < -0.4 is 11.1 Å². The quantitative estimate of drug-likeness (QED) is 0.722. The molecule has 0 spiro atoms. The highest BCUT2D eigenvalue weighted by Gasteiger charge is 2.21. The largest absolute Gasteiger partial charge is 0.383 e. The van der Waals surface area contributed by atoms with Crippen LogP contribution >= 0.6 is 0 Å². The number of nitrogens with zero attached hydrogens (tertiary/aromatic N) is 4. The van der Waals surface area contributed by atoms with Gasteiger partial charge in [0.05, 0.1) is 5.39 Å². The smallest absolute Gasteiger partial charge is 0.226 e. The first-order valence-corrected chi connectivity index (χ1v) is 9.63. The van der Waals surface area contributed by atoms with Crippen LogP contribution in [-0.4, -0.2) is 39.0 Å². The van der Waals surface area contributed by atoms with Crippen LogP contribution in [-0.2, 0) is 6.54 Å². The molecule has 3 N–H and O–H groups in total. The van der Waals surface area contributed by atoms with Crippen molar-refractivity contribution in [3.8, 4) is 0 Å². The van der Waals surface area contributed by atoms with Gasteiger partial charge >= 0.3 is 0 Å². The summed E-state index contributed by atoms with van der Waals surface area (Å²) >= 11 is 0. The molecule has 0 aliphatic carbocycles. The van der Waals surface area contributed by atoms with E-state index in [0.717, 1.165) is 54.7 Å². The molecule has 3 heterocycles. The molecule has 1 aliphatic rings. The van der Waals surface area contributed by atoms with Crippen LogP contribution in [0.3, 0.4) is 0 Å². The zero-order valence-corrected chi connectivity index (χ0v) is 16.2. The third kappa shape index (κ3) is 4.04. The predicted octanol–water partition coefficient (Wildman–Crippen LogP) is 3.44. The van der Waals surface area contributed by atoms with Gasteiger partial charge < -0.3 is 11.1 Å². The number of aromatic nitrogens is 3. The SMILES string of the molecule is Cc1cc(C)c2c(N)nc(NC3CCN(Cc4cccc(F)c4)CC3)nc2n1. The minimum atomic E-state index is -0.181. The van der Waals surface area contributed by atoms with E-state index < -0.39 is 0 Å². The molecule has 0 saturated carbocycles. The predicted molar refractivity (Wildman–Crippen MR) is 110 cm³/mol. The van der Waals surface area contributed by atoms with E-state index in [9.17, 15) is 4.39 Å². The van der Waals surface area contributed by atoms with Gasteiger partial charge in [-0.25, -0.2) is 9.37 Å². The molecular formula is C21H25FN6. The van der Waals surface area contributed by atoms with E-state index in [1.165, 1.54) is 6.07 Å². The van der Waals surface area contributed by atoms with Gasteiger partial charge in [-0.2, -0.15) is 9.97 Å². The van der Waals surface area contributed by atoms with Crippen molar-refractivity contribution >= 4 is 22.8 Å². The molecule has 0 radical (unpaired) electrons. The summed E-state index contributed by atoms with van der Waals surface area (Å²) in [5.74, 6) is 0.811. The summed E-state index contributed by atoms with van der Waals surface area (Å²) in [6.45, 7) is 6.60. The number of halogens is 1. The van der Waals surface area contributed by atoms with Crippen molar-refractivity contribution in [1.29, 1.82) is 0 Å². The summed E-state index contributed by atoms with van der Waals surface area (Å²) in [5, 5.41) is 4.24. The third-order valence-corrected chi connectivity index (χ3v) is 5.24. The highest BCUT2D eigenvalue weighted by Crippen LogP contribution is 2.24. The van der Waals surface area contributed by atoms with E-state index in [1.807, 2.05) is 26.0 Å². The Morgan fingerprint density at radius 2 is 1.93 bits per heavy atom. The number of nitrogens with one attached hydrogen (secondary N) is 1. The Morgan fingerprint density at radius 3 is 2.68 bits per heavy atom. The van der Waals surface area contributed by atoms with Gasteiger partial charge in [0, 0.05) is 31.4 Å². The van der Waals surface area contributed by atoms with Crippen LogP contribution in [0.25, 0.3) is 11.0 Å². The Labute approximate surface area is 164 Å². The van der Waals surface area contributed by atoms with E-state index in [0.29, 0.717) is 17.4 Å². The van der Waals surface area contributed by atoms with Crippen molar-refractivity contribution in [2.45, 2.75) is 39.3 Å². The summed E-state index contributed by atoms with van der Waals surface area (Å²) in [4.78, 5) is 15.9. The molecule has 146 valence electrons. The minimum Gasteiger partial charge on any atom is -0.383 e. The highest BCUT2D eigenvalue weighted by atomic mass is 19.1. The van der Waals surface area contributed by atoms with E-state index in [1.54, 1.807) is 12.1 Å². The molecule has 3 aromatic rings. The van der Waals surface area contributed by atoms with Crippen molar-refractivity contribution in [3.05, 3.63) is 53.0 Å². The lowest BCUT2D eigenvalue weighted by molar-refractivity contribution is 0.211. The van der Waals surface area contributed by atoms with Gasteiger partial charge in [0.1, 0.15) is 11.6 Å². The molecule has 7 heteroatoms. The number of pyridine rings is 1. The standard InChI is InChI=1S/C21H25FN6/c1-13-10-14(2)24-20-18(13)19(23)26-21(27-20)25-17-6-8-28(9-7-17)12-15-4-3-5-16(22)11-15/h3-5,10-11,17H,6-9,12H2,1-2H3,(H3,23,24,25,26,27). The van der Waals surface area contributed by atoms with E-state index in [4.69, 9.17) is 5.73 Å². The molecule has 0 bridgehead atoms. The van der Waals surface area contributed by atoms with E-state index in [-0.39, 0.29) is 11.9 Å². The number of benzene rings is 1. The van der Waals surface area contributed by atoms with Crippen LogP contribution in [0.5, 0.6) is 0 Å². The van der Waals surface area contributed by atoms with Crippen molar-refractivity contribution < 1.29 is 4.39 Å². The van der Waals surface area contributed by atoms with Gasteiger partial charge in [0.2, 0.25) is 5.95 Å². The monoisotopic (exact) mass is 380 g/mol. The van der Waals surface area contributed by atoms with Crippen LogP contribution in [0.15, 0.2) is 30.3 Å². The molecule has 1 aliphatic heterocycles. The molecule has 1 fully saturated rings. The average molecular weight is 380 g/mol. The number of hydrogen-bond acceptors (Lipinski definition) is 6. The summed E-state index contributed by atoms with van der Waals surface area (Å²) in [5.41, 5.74) is 9.76. The zero-order valence-electron chi connectivity index (χ0n) is 16.2. The van der Waals surface area contributed by atoms with E-state index in [2.05, 4.69) is 25.2 Å². The number of piperidine rings is 1. The second-order valence-corrected chi connectivity index (χ2v) is 7.54. The summed E-state index contributed by atoms with van der Waals surface area (Å²) in [7, 11) is 0. The fraction of sp³-hybridized carbons (Fsp3) is 0.381. The molecule has 4 rings (SSSR count). The molecule has 0 atom stereocenters. The normalized spacial score (nSPS) is 15.8. The number of rotatable bonds is 4. The first kappa shape index (κ1) is 18.6. The second-order valence-electron chi connectivity index (χ2n) is 7.54. The Morgan fingerprint density at radius 1 is 1.14 bits per heavy atom. The average Bonchev–Trinajstić information content (AvgIpc) is 2.62. The van der Waals surface area contributed by atoms with Gasteiger partial charge in [0.25, 0.3) is 0 Å². The topological polar surface area (TPSA) is 80.0 Å². The number of likely N-dealkylation sites (tertiary alicyclic amines) is 1. The number of aryl methyl sites for hydroxylation is 2.